The average molecular weight is 953 g/mol. The quantitative estimate of drug-likeness (QED) is 0.164. The molecule has 0 saturated heterocycles. The third-order valence-electron chi connectivity index (χ3n) is 12.9. The first kappa shape index (κ1) is 52.3. The number of imidazole rings is 5. The molecule has 1 saturated carbocycles. The first-order valence-corrected chi connectivity index (χ1v) is 25.3. The summed E-state index contributed by atoms with van der Waals surface area (Å²) in [5.41, 5.74) is 15.6. The van der Waals surface area contributed by atoms with Crippen LogP contribution >= 0.6 is 0 Å². The predicted molar refractivity (Wildman–Crippen MR) is 296 cm³/mol. The third kappa shape index (κ3) is 12.3. The van der Waals surface area contributed by atoms with Crippen LogP contribution in [0.2, 0.25) is 0 Å². The lowest BCUT2D eigenvalue weighted by atomic mass is 9.87. The van der Waals surface area contributed by atoms with Gasteiger partial charge in [-0.1, -0.05) is 122 Å². The Bertz CT molecular complexity index is 3290. The highest BCUT2D eigenvalue weighted by molar-refractivity contribution is 5.59. The minimum Gasteiger partial charge on any atom is -0.306 e. The molecule has 1 fully saturated rings. The number of rotatable bonds is 1. The van der Waals surface area contributed by atoms with Crippen LogP contribution in [-0.4, -0.2) is 46.9 Å². The van der Waals surface area contributed by atoms with Crippen molar-refractivity contribution in [1.29, 1.82) is 0 Å². The summed E-state index contributed by atoms with van der Waals surface area (Å²) < 4.78 is 10.6. The van der Waals surface area contributed by atoms with Crippen LogP contribution in [0.5, 0.6) is 0 Å². The molecular formula is C61H80N10. The summed E-state index contributed by atoms with van der Waals surface area (Å²) in [5, 5.41) is 0. The fraction of sp³-hybridized carbons (Fsp3) is 0.426. The lowest BCUT2D eigenvalue weighted by Crippen LogP contribution is -2.12. The summed E-state index contributed by atoms with van der Waals surface area (Å²) in [4.78, 5) is 22.2. The topological polar surface area (TPSA) is 86.5 Å². The van der Waals surface area contributed by atoms with Crippen LogP contribution in [0.3, 0.4) is 0 Å². The Labute approximate surface area is 423 Å². The van der Waals surface area contributed by atoms with Gasteiger partial charge in [0.15, 0.2) is 0 Å². The molecule has 10 aromatic rings. The molecule has 10 heteroatoms. The molecule has 0 unspecified atom stereocenters. The Morgan fingerprint density at radius 1 is 0.465 bits per heavy atom. The maximum Gasteiger partial charge on any atom is 0.116 e. The van der Waals surface area contributed by atoms with Crippen molar-refractivity contribution in [2.24, 2.45) is 0 Å². The van der Waals surface area contributed by atoms with Gasteiger partial charge in [-0.15, -0.1) is 0 Å². The Morgan fingerprint density at radius 3 is 1.55 bits per heavy atom. The van der Waals surface area contributed by atoms with Gasteiger partial charge in [0.25, 0.3) is 0 Å². The highest BCUT2D eigenvalue weighted by atomic mass is 15.0. The van der Waals surface area contributed by atoms with Crippen LogP contribution in [0, 0.1) is 20.8 Å². The van der Waals surface area contributed by atoms with Crippen LogP contribution in [-0.2, 0) is 27.1 Å². The van der Waals surface area contributed by atoms with Gasteiger partial charge in [-0.2, -0.15) is 0 Å². The highest BCUT2D eigenvalue weighted by Crippen LogP contribution is 2.41. The van der Waals surface area contributed by atoms with Gasteiger partial charge in [-0.25, -0.2) is 24.9 Å². The molecular weight excluding hydrogens is 873 g/mol. The van der Waals surface area contributed by atoms with Crippen molar-refractivity contribution in [1.82, 2.24) is 46.9 Å². The Balaban J connectivity index is 0.000000131. The summed E-state index contributed by atoms with van der Waals surface area (Å²) in [5.74, 6) is 3.01. The van der Waals surface area contributed by atoms with E-state index in [1.807, 2.05) is 44.5 Å². The molecule has 0 amide bonds. The fourth-order valence-electron chi connectivity index (χ4n) is 8.73. The van der Waals surface area contributed by atoms with E-state index < -0.39 is 0 Å². The molecule has 11 rings (SSSR count). The monoisotopic (exact) mass is 953 g/mol. The van der Waals surface area contributed by atoms with E-state index in [0.29, 0.717) is 5.92 Å². The Morgan fingerprint density at radius 2 is 1.03 bits per heavy atom. The number of hydrogen-bond acceptors (Lipinski definition) is 5. The zero-order valence-electron chi connectivity index (χ0n) is 46.1. The van der Waals surface area contributed by atoms with Crippen molar-refractivity contribution in [3.63, 3.8) is 0 Å². The zero-order valence-corrected chi connectivity index (χ0v) is 46.1. The van der Waals surface area contributed by atoms with E-state index in [-0.39, 0.29) is 27.1 Å². The molecule has 1 aliphatic rings. The molecule has 71 heavy (non-hydrogen) atoms. The van der Waals surface area contributed by atoms with E-state index in [2.05, 4.69) is 251 Å². The molecule has 1 aliphatic carbocycles. The molecule has 10 heterocycles. The molecule has 374 valence electrons. The van der Waals surface area contributed by atoms with Gasteiger partial charge in [0.2, 0.25) is 0 Å². The molecule has 10 aromatic heterocycles. The summed E-state index contributed by atoms with van der Waals surface area (Å²) in [7, 11) is 0. The molecule has 0 bridgehead atoms. The molecule has 0 radical (unpaired) electrons. The Hall–Kier alpha value is -6.55. The van der Waals surface area contributed by atoms with Crippen molar-refractivity contribution in [3.8, 4) is 0 Å². The molecule has 0 atom stereocenters. The van der Waals surface area contributed by atoms with Crippen LogP contribution in [0.25, 0.3) is 27.6 Å². The van der Waals surface area contributed by atoms with Crippen LogP contribution in [0.4, 0.5) is 0 Å². The van der Waals surface area contributed by atoms with Crippen molar-refractivity contribution >= 4 is 27.6 Å². The van der Waals surface area contributed by atoms with Crippen molar-refractivity contribution in [2.45, 2.75) is 170 Å². The molecule has 0 aliphatic heterocycles. The van der Waals surface area contributed by atoms with Gasteiger partial charge < -0.3 is 22.0 Å². The first-order valence-electron chi connectivity index (χ1n) is 25.3. The van der Waals surface area contributed by atoms with Gasteiger partial charge in [-0.3, -0.25) is 0 Å². The van der Waals surface area contributed by atoms with Crippen LogP contribution < -0.4 is 0 Å². The second-order valence-electron chi connectivity index (χ2n) is 24.6. The molecule has 0 spiro atoms. The van der Waals surface area contributed by atoms with E-state index in [1.165, 1.54) is 80.1 Å². The zero-order chi connectivity index (χ0) is 51.8. The number of hydrogen-bond donors (Lipinski definition) is 0. The second-order valence-corrected chi connectivity index (χ2v) is 24.6. The van der Waals surface area contributed by atoms with Crippen LogP contribution in [0.15, 0.2) is 129 Å². The highest BCUT2D eigenvalue weighted by Gasteiger charge is 2.31. The maximum absolute atomic E-state index is 4.89. The second kappa shape index (κ2) is 19.9. The van der Waals surface area contributed by atoms with Crippen molar-refractivity contribution in [3.05, 3.63) is 180 Å². The molecule has 0 aromatic carbocycles. The maximum atomic E-state index is 4.89. The van der Waals surface area contributed by atoms with E-state index >= 15 is 0 Å². The summed E-state index contributed by atoms with van der Waals surface area (Å²) in [6.07, 6.45) is 22.5. The minimum atomic E-state index is 0.114. The first-order chi connectivity index (χ1) is 33.1. The predicted octanol–water partition coefficient (Wildman–Crippen LogP) is 15.0. The van der Waals surface area contributed by atoms with E-state index in [1.54, 1.807) is 0 Å². The van der Waals surface area contributed by atoms with Gasteiger partial charge in [0.1, 0.15) is 11.6 Å². The summed E-state index contributed by atoms with van der Waals surface area (Å²) in [6.45, 7) is 39.4. The summed E-state index contributed by atoms with van der Waals surface area (Å²) in [6, 6.07) is 23.5. The number of nitrogens with zero attached hydrogens (tertiary/aromatic N) is 10. The smallest absolute Gasteiger partial charge is 0.116 e. The van der Waals surface area contributed by atoms with E-state index in [9.17, 15) is 0 Å². The number of aryl methyl sites for hydroxylation is 3. The van der Waals surface area contributed by atoms with E-state index in [4.69, 9.17) is 4.98 Å². The van der Waals surface area contributed by atoms with Crippen LogP contribution in [0.1, 0.15) is 174 Å². The largest absolute Gasteiger partial charge is 0.306 e. The number of aromatic nitrogens is 10. The minimum absolute atomic E-state index is 0.114. The average Bonchev–Trinajstić information content (AvgIpc) is 3.74. The van der Waals surface area contributed by atoms with Gasteiger partial charge in [0.05, 0.1) is 76.0 Å². The normalized spacial score (nSPS) is 13.3. The number of pyridine rings is 5. The van der Waals surface area contributed by atoms with Gasteiger partial charge in [0, 0.05) is 53.1 Å². The lowest BCUT2D eigenvalue weighted by Gasteiger charge is -2.19. The van der Waals surface area contributed by atoms with Crippen molar-refractivity contribution < 1.29 is 0 Å². The molecule has 0 N–H and O–H groups in total. The lowest BCUT2D eigenvalue weighted by molar-refractivity contribution is 0.576. The fourth-order valence-corrected chi connectivity index (χ4v) is 8.73. The standard InChI is InChI=1S/C14H18N2.3C12H16N2.C11H14N2/c1-14(2,3)12-11-6-4-5-9-16(11)13(15-12)10-7-8-10;1-9-13-7-11-6-5-10(8-14(9)11)12(2,3)4;2*1-9-5-6-14-8-13-11(10(14)7-9)12(2,3)4;1-11(2,3)9-5-4-6-13-8-12-7-10(9)13/h4-6,9-10H,7-8H2,1-3H3;3*5-8H,1-4H3;4-8H,1-3H3. The van der Waals surface area contributed by atoms with Gasteiger partial charge >= 0.3 is 0 Å². The Kier molecular flexibility index (Phi) is 14.7. The van der Waals surface area contributed by atoms with Gasteiger partial charge in [-0.05, 0) is 115 Å². The summed E-state index contributed by atoms with van der Waals surface area (Å²) >= 11 is 0. The SMILES string of the molecule is CC(C)(C)c1cccn2cncc12.CC(C)(C)c1nc(C2CC2)n2ccccc12.Cc1ccn2cnc(C(C)(C)C)c2c1.Cc1ccn2cnc(C(C)(C)C)c2c1.Cc1ncc2ccc(C(C)(C)C)cn12. The molecule has 10 nitrogen and oxygen atoms in total. The number of fused-ring (bicyclic) bond motifs is 5. The van der Waals surface area contributed by atoms with Crippen molar-refractivity contribution in [2.75, 3.05) is 0 Å². The third-order valence-corrected chi connectivity index (χ3v) is 12.9. The van der Waals surface area contributed by atoms with E-state index in [0.717, 1.165) is 11.3 Å².